The molecule has 0 radical (unpaired) electrons. The summed E-state index contributed by atoms with van der Waals surface area (Å²) in [5.41, 5.74) is 21.9. The molecule has 1 N–H and O–H groups in total. The minimum absolute atomic E-state index is 0.749. The summed E-state index contributed by atoms with van der Waals surface area (Å²) in [4.78, 5) is 2.32. The third kappa shape index (κ3) is 10.7. The summed E-state index contributed by atoms with van der Waals surface area (Å²) in [5.74, 6) is 0. The Bertz CT molecular complexity index is 5610. The highest BCUT2D eigenvalue weighted by Crippen LogP contribution is 2.45. The third-order valence-electron chi connectivity index (χ3n) is 16.9. The minimum Gasteiger partial charge on any atom is -0.456 e. The van der Waals surface area contributed by atoms with Crippen LogP contribution in [0.2, 0.25) is 5.02 Å². The fraction of sp³-hybridized carbons (Fsp3) is 0. The average molecular weight is 1190 g/mol. The van der Waals surface area contributed by atoms with Gasteiger partial charge in [0.15, 0.2) is 0 Å². The molecule has 432 valence electrons. The van der Waals surface area contributed by atoms with Gasteiger partial charge in [0, 0.05) is 54.4 Å². The van der Waals surface area contributed by atoms with Crippen molar-refractivity contribution in [1.29, 1.82) is 0 Å². The van der Waals surface area contributed by atoms with Crippen LogP contribution < -0.4 is 10.2 Å². The van der Waals surface area contributed by atoms with Crippen LogP contribution in [0.5, 0.6) is 0 Å². The van der Waals surface area contributed by atoms with E-state index in [9.17, 15) is 0 Å². The van der Waals surface area contributed by atoms with Gasteiger partial charge in [-0.2, -0.15) is 0 Å². The van der Waals surface area contributed by atoms with Crippen molar-refractivity contribution < 1.29 is 17.7 Å². The Labute approximate surface area is 529 Å². The van der Waals surface area contributed by atoms with Crippen LogP contribution in [0, 0.1) is 0 Å². The molecular weight excluding hydrogens is 1140 g/mol. The molecule has 0 fully saturated rings. The topological polar surface area (TPSA) is 67.8 Å². The molecular formula is C84H55ClN2O4. The standard InChI is InChI=1S/C42H27NO2.C24H17NO.C18H11ClO/c1-2-9-28(10-3-1)29-17-22-32(23-18-29)43(37-13-8-16-40-42(37)36-12-5-7-15-39(36)44-40)33-24-19-30(20-25-33)31-21-26-35-34-11-4-6-14-38(34)45-41(35)27-31;1-2-7-17(8-3-1)18-13-15-19(16-14-18)25-21-10-6-12-23-24(21)20-9-4-5-11-22(20)26-23;19-14-8-5-12(6-9-14)13-7-10-16-15-3-1-2-4-17(15)20-18(16)11-13/h1-27H;1-16,25H;1-11H. The summed E-state index contributed by atoms with van der Waals surface area (Å²) in [6.07, 6.45) is 0. The molecule has 0 aliphatic heterocycles. The lowest BCUT2D eigenvalue weighted by Crippen LogP contribution is -2.10. The molecule has 0 bridgehead atoms. The van der Waals surface area contributed by atoms with Crippen molar-refractivity contribution in [1.82, 2.24) is 0 Å². The SMILES string of the molecule is Clc1ccc(-c2ccc3c(c2)oc2ccccc23)cc1.c1ccc(-c2ccc(N(c3ccc(-c4ccc5c(c4)oc4ccccc45)cc3)c3cccc4oc5ccccc5c34)cc2)cc1.c1ccc(-c2ccc(Nc3cccc4oc5ccccc5c34)cc2)cc1. The van der Waals surface area contributed by atoms with Crippen molar-refractivity contribution in [2.45, 2.75) is 0 Å². The number of hydrogen-bond acceptors (Lipinski definition) is 6. The number of nitrogens with one attached hydrogen (secondary N) is 1. The first-order valence-electron chi connectivity index (χ1n) is 30.4. The van der Waals surface area contributed by atoms with Crippen LogP contribution in [-0.4, -0.2) is 0 Å². The summed E-state index contributed by atoms with van der Waals surface area (Å²) in [7, 11) is 0. The molecule has 7 heteroatoms. The monoisotopic (exact) mass is 1190 g/mol. The first-order chi connectivity index (χ1) is 45.0. The zero-order valence-electron chi connectivity index (χ0n) is 49.1. The van der Waals surface area contributed by atoms with Crippen molar-refractivity contribution in [3.8, 4) is 44.5 Å². The van der Waals surface area contributed by atoms with E-state index in [2.05, 4.69) is 223 Å². The number of nitrogens with zero attached hydrogens (tertiary/aromatic N) is 1. The first-order valence-corrected chi connectivity index (χ1v) is 30.8. The maximum absolute atomic E-state index is 6.29. The van der Waals surface area contributed by atoms with Crippen molar-refractivity contribution in [3.05, 3.63) is 333 Å². The van der Waals surface area contributed by atoms with Crippen molar-refractivity contribution in [3.63, 3.8) is 0 Å². The number of benzene rings is 14. The summed E-state index contributed by atoms with van der Waals surface area (Å²) in [5, 5.41) is 13.3. The molecule has 0 amide bonds. The van der Waals surface area contributed by atoms with Gasteiger partial charge in [-0.3, -0.25) is 0 Å². The predicted molar refractivity (Wildman–Crippen MR) is 380 cm³/mol. The maximum Gasteiger partial charge on any atom is 0.137 e. The third-order valence-corrected chi connectivity index (χ3v) is 17.2. The molecule has 91 heavy (non-hydrogen) atoms. The molecule has 0 unspecified atom stereocenters. The molecule has 18 rings (SSSR count). The van der Waals surface area contributed by atoms with Crippen LogP contribution in [0.25, 0.3) is 132 Å². The second-order valence-electron chi connectivity index (χ2n) is 22.5. The number of hydrogen-bond donors (Lipinski definition) is 1. The number of furan rings is 4. The second kappa shape index (κ2) is 23.7. The number of anilines is 5. The average Bonchev–Trinajstić information content (AvgIpc) is 2.07. The summed E-state index contributed by atoms with van der Waals surface area (Å²) in [6, 6.07) is 113. The fourth-order valence-corrected chi connectivity index (χ4v) is 12.6. The van der Waals surface area contributed by atoms with Gasteiger partial charge in [0.1, 0.15) is 44.7 Å². The lowest BCUT2D eigenvalue weighted by molar-refractivity contribution is 0.668. The highest BCUT2D eigenvalue weighted by atomic mass is 35.5. The molecule has 18 aromatic rings. The Hall–Kier alpha value is -11.8. The minimum atomic E-state index is 0.749. The molecule has 0 atom stereocenters. The van der Waals surface area contributed by atoms with E-state index in [-0.39, 0.29) is 0 Å². The molecule has 14 aromatic carbocycles. The van der Waals surface area contributed by atoms with Crippen molar-refractivity contribution in [2.75, 3.05) is 10.2 Å². The van der Waals surface area contributed by atoms with E-state index in [0.29, 0.717) is 0 Å². The lowest BCUT2D eigenvalue weighted by atomic mass is 10.0. The molecule has 0 aliphatic carbocycles. The Morgan fingerprint density at radius 2 is 0.582 bits per heavy atom. The van der Waals surface area contributed by atoms with Gasteiger partial charge < -0.3 is 27.9 Å². The van der Waals surface area contributed by atoms with Gasteiger partial charge in [0.25, 0.3) is 0 Å². The van der Waals surface area contributed by atoms with Crippen LogP contribution in [-0.2, 0) is 0 Å². The lowest BCUT2D eigenvalue weighted by Gasteiger charge is -2.26. The van der Waals surface area contributed by atoms with E-state index in [1.54, 1.807) is 0 Å². The number of halogens is 1. The normalized spacial score (nSPS) is 11.4. The van der Waals surface area contributed by atoms with E-state index in [0.717, 1.165) is 143 Å². The van der Waals surface area contributed by atoms with Gasteiger partial charge in [-0.25, -0.2) is 0 Å². The van der Waals surface area contributed by atoms with Crippen LogP contribution in [0.4, 0.5) is 28.4 Å². The second-order valence-corrected chi connectivity index (χ2v) is 23.0. The van der Waals surface area contributed by atoms with E-state index in [4.69, 9.17) is 29.3 Å². The summed E-state index contributed by atoms with van der Waals surface area (Å²) >= 11 is 5.93. The zero-order valence-corrected chi connectivity index (χ0v) is 49.9. The van der Waals surface area contributed by atoms with E-state index in [1.807, 2.05) is 115 Å². The zero-order chi connectivity index (χ0) is 60.6. The molecule has 0 saturated carbocycles. The number of para-hydroxylation sites is 4. The Morgan fingerprint density at radius 3 is 1.09 bits per heavy atom. The van der Waals surface area contributed by atoms with E-state index < -0.39 is 0 Å². The maximum atomic E-state index is 6.29. The van der Waals surface area contributed by atoms with E-state index in [1.165, 1.54) is 22.3 Å². The predicted octanol–water partition coefficient (Wildman–Crippen LogP) is 25.2. The Balaban J connectivity index is 0.000000121. The van der Waals surface area contributed by atoms with Gasteiger partial charge in [0.05, 0.1) is 22.1 Å². The summed E-state index contributed by atoms with van der Waals surface area (Å²) < 4.78 is 24.4. The van der Waals surface area contributed by atoms with Gasteiger partial charge >= 0.3 is 0 Å². The quantitative estimate of drug-likeness (QED) is 0.155. The molecule has 0 spiro atoms. The number of rotatable bonds is 9. The van der Waals surface area contributed by atoms with Crippen LogP contribution >= 0.6 is 11.6 Å². The molecule has 0 saturated heterocycles. The van der Waals surface area contributed by atoms with E-state index >= 15 is 0 Å². The van der Waals surface area contributed by atoms with Crippen LogP contribution in [0.1, 0.15) is 0 Å². The Kier molecular flexibility index (Phi) is 14.2. The highest BCUT2D eigenvalue weighted by Gasteiger charge is 2.20. The van der Waals surface area contributed by atoms with Gasteiger partial charge in [-0.1, -0.05) is 218 Å². The molecule has 4 aromatic heterocycles. The largest absolute Gasteiger partial charge is 0.456 e. The van der Waals surface area contributed by atoms with Crippen molar-refractivity contribution in [2.24, 2.45) is 0 Å². The molecule has 0 aliphatic rings. The first kappa shape index (κ1) is 54.6. The summed E-state index contributed by atoms with van der Waals surface area (Å²) in [6.45, 7) is 0. The highest BCUT2D eigenvalue weighted by molar-refractivity contribution is 6.30. The van der Waals surface area contributed by atoms with Gasteiger partial charge in [-0.15, -0.1) is 0 Å². The van der Waals surface area contributed by atoms with Crippen LogP contribution in [0.15, 0.2) is 345 Å². The fourth-order valence-electron chi connectivity index (χ4n) is 12.5. The molecule has 4 heterocycles. The van der Waals surface area contributed by atoms with Crippen molar-refractivity contribution >= 4 is 128 Å². The molecule has 6 nitrogen and oxygen atoms in total. The van der Waals surface area contributed by atoms with Gasteiger partial charge in [-0.05, 0) is 166 Å². The number of fused-ring (bicyclic) bond motifs is 12. The van der Waals surface area contributed by atoms with Gasteiger partial charge in [0.2, 0.25) is 0 Å². The van der Waals surface area contributed by atoms with Crippen LogP contribution in [0.3, 0.4) is 0 Å². The smallest absolute Gasteiger partial charge is 0.137 e. The Morgan fingerprint density at radius 1 is 0.242 bits per heavy atom.